The molecule has 0 bridgehead atoms. The van der Waals surface area contributed by atoms with Gasteiger partial charge in [-0.3, -0.25) is 0 Å². The van der Waals surface area contributed by atoms with Crippen LogP contribution in [0.15, 0.2) is 41.4 Å². The fraction of sp³-hybridized carbons (Fsp3) is 0.200. The number of rotatable bonds is 5. The summed E-state index contributed by atoms with van der Waals surface area (Å²) in [4.78, 5) is 30.7. The zero-order valence-electron chi connectivity index (χ0n) is 16.0. The molecule has 1 aromatic carbocycles. The van der Waals surface area contributed by atoms with Crippen LogP contribution in [-0.4, -0.2) is 43.9 Å². The monoisotopic (exact) mass is 426 g/mol. The Kier molecular flexibility index (Phi) is 5.25. The second-order valence-corrected chi connectivity index (χ2v) is 8.51. The number of aliphatic hydroxyl groups is 1. The predicted molar refractivity (Wildman–Crippen MR) is 115 cm³/mol. The highest BCUT2D eigenvalue weighted by Gasteiger charge is 2.23. The number of aliphatic hydroxyl groups excluding tert-OH is 1. The number of thioether (sulfide) groups is 1. The molecular formula is C20H18N4O3S2. The molecular weight excluding hydrogens is 408 g/mol. The maximum absolute atomic E-state index is 12.4. The Hall–Kier alpha value is -2.91. The Labute approximate surface area is 174 Å². The molecule has 3 heterocycles. The molecule has 0 radical (unpaired) electrons. The number of imidazole rings is 1. The van der Waals surface area contributed by atoms with E-state index in [1.54, 1.807) is 11.3 Å². The number of aromatic nitrogens is 4. The Morgan fingerprint density at radius 1 is 1.28 bits per heavy atom. The van der Waals surface area contributed by atoms with Crippen LogP contribution in [0.1, 0.15) is 16.3 Å². The molecule has 3 aromatic heterocycles. The average molecular weight is 427 g/mol. The molecule has 0 aliphatic heterocycles. The summed E-state index contributed by atoms with van der Waals surface area (Å²) in [5.74, 6) is -0.372. The molecule has 0 fully saturated rings. The zero-order valence-corrected chi connectivity index (χ0v) is 17.6. The second-order valence-electron chi connectivity index (χ2n) is 6.35. The molecule has 0 saturated carbocycles. The zero-order chi connectivity index (χ0) is 20.5. The van der Waals surface area contributed by atoms with Crippen LogP contribution in [-0.2, 0) is 9.53 Å². The van der Waals surface area contributed by atoms with Crippen molar-refractivity contribution in [1.29, 1.82) is 0 Å². The molecule has 0 amide bonds. The van der Waals surface area contributed by atoms with Crippen molar-refractivity contribution in [2.45, 2.75) is 18.9 Å². The average Bonchev–Trinajstić information content (AvgIpc) is 3.27. The number of carbonyl (C=O) groups is 1. The number of benzene rings is 1. The number of aromatic amines is 1. The van der Waals surface area contributed by atoms with Crippen molar-refractivity contribution < 1.29 is 14.6 Å². The van der Waals surface area contributed by atoms with Crippen molar-refractivity contribution in [3.8, 4) is 0 Å². The number of ether oxygens (including phenoxy) is 1. The molecule has 0 unspecified atom stereocenters. The van der Waals surface area contributed by atoms with Gasteiger partial charge in [0.15, 0.2) is 0 Å². The minimum Gasteiger partial charge on any atom is -0.510 e. The van der Waals surface area contributed by atoms with Crippen molar-refractivity contribution in [2.24, 2.45) is 0 Å². The van der Waals surface area contributed by atoms with Gasteiger partial charge in [-0.1, -0.05) is 23.9 Å². The van der Waals surface area contributed by atoms with Crippen molar-refractivity contribution >= 4 is 55.9 Å². The van der Waals surface area contributed by atoms with E-state index in [0.717, 1.165) is 26.3 Å². The van der Waals surface area contributed by atoms with Crippen LogP contribution in [0.4, 0.5) is 0 Å². The smallest absolute Gasteiger partial charge is 0.345 e. The highest BCUT2D eigenvalue weighted by Crippen LogP contribution is 2.35. The number of fused-ring (bicyclic) bond motifs is 2. The topological polar surface area (TPSA) is 101 Å². The van der Waals surface area contributed by atoms with Gasteiger partial charge in [0.1, 0.15) is 33.3 Å². The van der Waals surface area contributed by atoms with Gasteiger partial charge in [-0.25, -0.2) is 19.7 Å². The van der Waals surface area contributed by atoms with E-state index in [1.807, 2.05) is 38.1 Å². The van der Waals surface area contributed by atoms with E-state index in [4.69, 9.17) is 4.74 Å². The summed E-state index contributed by atoms with van der Waals surface area (Å²) in [7, 11) is 1.27. The maximum atomic E-state index is 12.4. The fourth-order valence-electron chi connectivity index (χ4n) is 2.99. The van der Waals surface area contributed by atoms with Crippen LogP contribution in [0.2, 0.25) is 0 Å². The number of nitrogens with zero attached hydrogens (tertiary/aromatic N) is 3. The largest absolute Gasteiger partial charge is 0.510 e. The van der Waals surface area contributed by atoms with Crippen LogP contribution in [0.3, 0.4) is 0 Å². The summed E-state index contributed by atoms with van der Waals surface area (Å²) in [6, 6.07) is 7.41. The number of hydrogen-bond acceptors (Lipinski definition) is 8. The summed E-state index contributed by atoms with van der Waals surface area (Å²) in [6.45, 7) is 4.08. The van der Waals surface area contributed by atoms with Crippen LogP contribution in [0.25, 0.3) is 26.8 Å². The predicted octanol–water partition coefficient (Wildman–Crippen LogP) is 4.42. The fourth-order valence-corrected chi connectivity index (χ4v) is 4.99. The summed E-state index contributed by atoms with van der Waals surface area (Å²) < 4.78 is 4.88. The third kappa shape index (κ3) is 3.58. The number of carbonyl (C=O) groups excluding carboxylic acids is 1. The Bertz CT molecular complexity index is 1230. The number of aryl methyl sites for hydroxylation is 2. The highest BCUT2D eigenvalue weighted by atomic mass is 32.2. The van der Waals surface area contributed by atoms with Gasteiger partial charge in [-0.2, -0.15) is 0 Å². The Balaban J connectivity index is 1.71. The van der Waals surface area contributed by atoms with Gasteiger partial charge >= 0.3 is 5.97 Å². The standard InChI is InChI=1S/C20H18N4O3S2/c1-10-11(2)29-19-15(10)18(21-9-22-19)28-8-14(25)16(20(26)27-3)17-23-12-6-4-5-7-13(12)24-17/h4-7,9,25H,8H2,1-3H3,(H,23,24)/b16-14+. The van der Waals surface area contributed by atoms with E-state index in [9.17, 15) is 9.90 Å². The SMILES string of the molecule is COC(=O)/C(=C(/O)CSc1ncnc2sc(C)c(C)c12)c1nc2ccccc2[nH]1. The molecule has 7 nitrogen and oxygen atoms in total. The van der Waals surface area contributed by atoms with Gasteiger partial charge in [-0.05, 0) is 31.5 Å². The molecule has 0 aliphatic carbocycles. The molecule has 0 aliphatic rings. The van der Waals surface area contributed by atoms with Gasteiger partial charge in [-0.15, -0.1) is 11.3 Å². The summed E-state index contributed by atoms with van der Waals surface area (Å²) in [5, 5.41) is 12.5. The van der Waals surface area contributed by atoms with E-state index in [2.05, 4.69) is 19.9 Å². The quantitative estimate of drug-likeness (QED) is 0.160. The lowest BCUT2D eigenvalue weighted by Crippen LogP contribution is -2.10. The number of thiophene rings is 1. The normalized spacial score (nSPS) is 12.4. The van der Waals surface area contributed by atoms with Gasteiger partial charge in [0.2, 0.25) is 0 Å². The van der Waals surface area contributed by atoms with Crippen LogP contribution >= 0.6 is 23.1 Å². The number of esters is 1. The molecule has 4 rings (SSSR count). The number of hydrogen-bond donors (Lipinski definition) is 2. The molecule has 0 saturated heterocycles. The number of para-hydroxylation sites is 2. The lowest BCUT2D eigenvalue weighted by atomic mass is 10.2. The molecule has 29 heavy (non-hydrogen) atoms. The molecule has 2 N–H and O–H groups in total. The lowest BCUT2D eigenvalue weighted by Gasteiger charge is -2.08. The lowest BCUT2D eigenvalue weighted by molar-refractivity contribution is -0.133. The van der Waals surface area contributed by atoms with Gasteiger partial charge in [0.25, 0.3) is 0 Å². The van der Waals surface area contributed by atoms with Crippen molar-refractivity contribution in [3.63, 3.8) is 0 Å². The third-order valence-electron chi connectivity index (χ3n) is 4.58. The van der Waals surface area contributed by atoms with Crippen LogP contribution < -0.4 is 0 Å². The van der Waals surface area contributed by atoms with Crippen molar-refractivity contribution in [2.75, 3.05) is 12.9 Å². The number of methoxy groups -OCH3 is 1. The summed E-state index contributed by atoms with van der Waals surface area (Å²) in [6.07, 6.45) is 1.52. The van der Waals surface area contributed by atoms with Gasteiger partial charge in [0, 0.05) is 10.3 Å². The molecule has 0 atom stereocenters. The van der Waals surface area contributed by atoms with E-state index in [1.165, 1.54) is 30.1 Å². The first-order valence-corrected chi connectivity index (χ1v) is 10.6. The molecule has 4 aromatic rings. The molecule has 0 spiro atoms. The van der Waals surface area contributed by atoms with Crippen molar-refractivity contribution in [1.82, 2.24) is 19.9 Å². The third-order valence-corrected chi connectivity index (χ3v) is 6.70. The van der Waals surface area contributed by atoms with E-state index < -0.39 is 5.97 Å². The summed E-state index contributed by atoms with van der Waals surface area (Å²) >= 11 is 2.95. The van der Waals surface area contributed by atoms with E-state index in [0.29, 0.717) is 5.52 Å². The van der Waals surface area contributed by atoms with Gasteiger partial charge < -0.3 is 14.8 Å². The first kappa shape index (κ1) is 19.4. The first-order valence-electron chi connectivity index (χ1n) is 8.78. The summed E-state index contributed by atoms with van der Waals surface area (Å²) in [5.41, 5.74) is 2.61. The minimum atomic E-state index is -0.655. The number of H-pyrrole nitrogens is 1. The second kappa shape index (κ2) is 7.84. The number of nitrogens with one attached hydrogen (secondary N) is 1. The van der Waals surface area contributed by atoms with Crippen LogP contribution in [0, 0.1) is 13.8 Å². The first-order chi connectivity index (χ1) is 14.0. The molecule has 9 heteroatoms. The maximum Gasteiger partial charge on any atom is 0.345 e. The Morgan fingerprint density at radius 3 is 2.83 bits per heavy atom. The Morgan fingerprint density at radius 2 is 2.07 bits per heavy atom. The molecule has 148 valence electrons. The van der Waals surface area contributed by atoms with Crippen molar-refractivity contribution in [3.05, 3.63) is 52.6 Å². The van der Waals surface area contributed by atoms with E-state index in [-0.39, 0.29) is 22.9 Å². The highest BCUT2D eigenvalue weighted by molar-refractivity contribution is 7.99. The van der Waals surface area contributed by atoms with E-state index >= 15 is 0 Å². The van der Waals surface area contributed by atoms with Gasteiger partial charge in [0.05, 0.1) is 23.9 Å². The van der Waals surface area contributed by atoms with Crippen LogP contribution in [0.5, 0.6) is 0 Å². The minimum absolute atomic E-state index is 0.0136.